The quantitative estimate of drug-likeness (QED) is 0.417. The summed E-state index contributed by atoms with van der Waals surface area (Å²) in [6, 6.07) is 10.4. The van der Waals surface area contributed by atoms with Crippen LogP contribution in [0.25, 0.3) is 0 Å². The molecule has 0 unspecified atom stereocenters. The lowest BCUT2D eigenvalue weighted by atomic mass is 10.1. The summed E-state index contributed by atoms with van der Waals surface area (Å²) in [6.45, 7) is -6.15. The third-order valence-electron chi connectivity index (χ3n) is 4.07. The number of alkyl halides is 4. The van der Waals surface area contributed by atoms with Gasteiger partial charge in [-0.2, -0.15) is 17.6 Å². The summed E-state index contributed by atoms with van der Waals surface area (Å²) < 4.78 is 59.5. The molecule has 0 spiro atoms. The van der Waals surface area contributed by atoms with Gasteiger partial charge in [-0.3, -0.25) is 9.78 Å². The van der Waals surface area contributed by atoms with Crippen LogP contribution in [0.15, 0.2) is 54.2 Å². The monoisotopic (exact) mass is 456 g/mol. The normalized spacial score (nSPS) is 11.0. The second-order valence-electron chi connectivity index (χ2n) is 6.18. The molecule has 3 rings (SSSR count). The Hall–Kier alpha value is -3.34. The fourth-order valence-electron chi connectivity index (χ4n) is 2.82. The summed E-state index contributed by atoms with van der Waals surface area (Å²) in [5, 5.41) is 8.93. The minimum atomic E-state index is -3.24. The van der Waals surface area contributed by atoms with Gasteiger partial charge in [0.25, 0.3) is 0 Å². The second-order valence-corrected chi connectivity index (χ2v) is 7.15. The zero-order chi connectivity index (χ0) is 22.4. The molecular formula is C20H16F4N2O4S. The van der Waals surface area contributed by atoms with Crippen molar-refractivity contribution in [3.63, 3.8) is 0 Å². The van der Waals surface area contributed by atoms with Crippen molar-refractivity contribution in [3.8, 4) is 11.5 Å². The third-order valence-corrected chi connectivity index (χ3v) is 4.84. The summed E-state index contributed by atoms with van der Waals surface area (Å²) in [4.78, 5) is 17.5. The van der Waals surface area contributed by atoms with Crippen LogP contribution in [0.5, 0.6) is 11.5 Å². The van der Waals surface area contributed by atoms with E-state index in [9.17, 15) is 22.4 Å². The number of carboxylic acids is 1. The van der Waals surface area contributed by atoms with Crippen molar-refractivity contribution >= 4 is 28.7 Å². The van der Waals surface area contributed by atoms with Gasteiger partial charge in [-0.1, -0.05) is 12.1 Å². The van der Waals surface area contributed by atoms with Crippen molar-refractivity contribution in [2.24, 2.45) is 0 Å². The van der Waals surface area contributed by atoms with Gasteiger partial charge >= 0.3 is 19.2 Å². The van der Waals surface area contributed by atoms with Crippen LogP contribution in [-0.4, -0.2) is 29.3 Å². The lowest BCUT2D eigenvalue weighted by Gasteiger charge is -2.26. The van der Waals surface area contributed by atoms with Gasteiger partial charge in [0.05, 0.1) is 18.5 Å². The molecule has 1 aromatic heterocycles. The summed E-state index contributed by atoms with van der Waals surface area (Å²) in [6.07, 6.45) is 1.49. The van der Waals surface area contributed by atoms with E-state index < -0.39 is 30.7 Å². The highest BCUT2D eigenvalue weighted by Gasteiger charge is 2.19. The number of halogens is 4. The lowest BCUT2D eigenvalue weighted by Crippen LogP contribution is -2.16. The van der Waals surface area contributed by atoms with Crippen LogP contribution in [0.1, 0.15) is 10.4 Å². The lowest BCUT2D eigenvalue weighted by molar-refractivity contribution is -0.136. The van der Waals surface area contributed by atoms with E-state index in [0.29, 0.717) is 23.5 Å². The summed E-state index contributed by atoms with van der Waals surface area (Å²) in [5.41, 5.74) is 3.20. The minimum absolute atomic E-state index is 0.152. The maximum atomic E-state index is 12.8. The van der Waals surface area contributed by atoms with E-state index >= 15 is 0 Å². The third kappa shape index (κ3) is 6.32. The van der Waals surface area contributed by atoms with Gasteiger partial charge in [-0.25, -0.2) is 0 Å². The largest absolute Gasteiger partial charge is 0.481 e. The molecule has 0 radical (unpaired) electrons. The van der Waals surface area contributed by atoms with Crippen molar-refractivity contribution in [3.05, 3.63) is 64.6 Å². The number of aliphatic carboxylic acids is 1. The van der Waals surface area contributed by atoms with E-state index in [2.05, 4.69) is 14.5 Å². The highest BCUT2D eigenvalue weighted by Crippen LogP contribution is 2.37. The molecule has 1 N–H and O–H groups in total. The molecule has 0 aliphatic heterocycles. The molecule has 0 aliphatic rings. The predicted molar refractivity (Wildman–Crippen MR) is 105 cm³/mol. The Morgan fingerprint density at radius 3 is 2.23 bits per heavy atom. The summed E-state index contributed by atoms with van der Waals surface area (Å²) >= 11 is 1.37. The van der Waals surface area contributed by atoms with E-state index in [-0.39, 0.29) is 6.42 Å². The average molecular weight is 456 g/mol. The Morgan fingerprint density at radius 1 is 1.00 bits per heavy atom. The summed E-state index contributed by atoms with van der Waals surface area (Å²) in [5.74, 6) is -2.03. The van der Waals surface area contributed by atoms with Crippen molar-refractivity contribution in [1.29, 1.82) is 0 Å². The van der Waals surface area contributed by atoms with Crippen molar-refractivity contribution in [2.75, 3.05) is 4.90 Å². The molecule has 6 nitrogen and oxygen atoms in total. The molecule has 0 saturated carbocycles. The van der Waals surface area contributed by atoms with Gasteiger partial charge in [0.1, 0.15) is 0 Å². The van der Waals surface area contributed by atoms with Crippen LogP contribution in [-0.2, 0) is 17.8 Å². The van der Waals surface area contributed by atoms with Crippen LogP contribution < -0.4 is 14.4 Å². The topological polar surface area (TPSA) is 71.9 Å². The first-order chi connectivity index (χ1) is 14.8. The van der Waals surface area contributed by atoms with E-state index in [0.717, 1.165) is 10.9 Å². The van der Waals surface area contributed by atoms with Crippen LogP contribution in [0.4, 0.5) is 28.9 Å². The van der Waals surface area contributed by atoms with E-state index in [1.807, 2.05) is 0 Å². The van der Waals surface area contributed by atoms with E-state index in [1.165, 1.54) is 23.5 Å². The number of hydrogen-bond donors (Lipinski definition) is 1. The van der Waals surface area contributed by atoms with Crippen LogP contribution in [0.3, 0.4) is 0 Å². The molecular weight excluding hydrogens is 440 g/mol. The molecule has 2 aromatic carbocycles. The predicted octanol–water partition coefficient (Wildman–Crippen LogP) is 5.31. The molecule has 0 amide bonds. The highest BCUT2D eigenvalue weighted by molar-refractivity contribution is 7.09. The van der Waals surface area contributed by atoms with Crippen molar-refractivity contribution in [2.45, 2.75) is 26.2 Å². The Morgan fingerprint density at radius 2 is 1.65 bits per heavy atom. The van der Waals surface area contributed by atoms with Crippen LogP contribution in [0.2, 0.25) is 0 Å². The zero-order valence-electron chi connectivity index (χ0n) is 15.8. The van der Waals surface area contributed by atoms with Gasteiger partial charge in [0.2, 0.25) is 0 Å². The second kappa shape index (κ2) is 10.1. The Bertz CT molecular complexity index is 1000. The summed E-state index contributed by atoms with van der Waals surface area (Å²) in [7, 11) is 0. The number of nitrogens with zero attached hydrogens (tertiary/aromatic N) is 2. The Balaban J connectivity index is 1.99. The van der Waals surface area contributed by atoms with Crippen molar-refractivity contribution in [1.82, 2.24) is 4.98 Å². The van der Waals surface area contributed by atoms with E-state index in [1.54, 1.807) is 40.9 Å². The zero-order valence-corrected chi connectivity index (χ0v) is 16.6. The number of hydrogen-bond acceptors (Lipinski definition) is 6. The molecule has 0 aliphatic carbocycles. The van der Waals surface area contributed by atoms with Crippen molar-refractivity contribution < 1.29 is 36.9 Å². The number of aromatic nitrogens is 1. The number of carbonyl (C=O) groups is 1. The van der Waals surface area contributed by atoms with Gasteiger partial charge in [-0.15, -0.1) is 11.3 Å². The highest BCUT2D eigenvalue weighted by atomic mass is 32.1. The molecule has 0 bridgehead atoms. The number of carboxylic acid groups (broad SMARTS) is 1. The number of ether oxygens (including phenoxy) is 2. The van der Waals surface area contributed by atoms with Crippen LogP contribution in [0, 0.1) is 0 Å². The minimum Gasteiger partial charge on any atom is -0.481 e. The van der Waals surface area contributed by atoms with Gasteiger partial charge in [0.15, 0.2) is 11.5 Å². The molecule has 0 saturated heterocycles. The first kappa shape index (κ1) is 22.3. The Kier molecular flexibility index (Phi) is 7.29. The SMILES string of the molecule is O=C(O)Cc1ccc(N(Cc2cncs2)c2ccc(OC(F)F)c(OC(F)F)c2)cc1. The van der Waals surface area contributed by atoms with Crippen LogP contribution >= 0.6 is 11.3 Å². The average Bonchev–Trinajstić information content (AvgIpc) is 3.20. The maximum Gasteiger partial charge on any atom is 0.387 e. The van der Waals surface area contributed by atoms with Gasteiger partial charge in [-0.05, 0) is 29.8 Å². The fraction of sp³-hybridized carbons (Fsp3) is 0.200. The number of benzene rings is 2. The smallest absolute Gasteiger partial charge is 0.387 e. The fourth-order valence-corrected chi connectivity index (χ4v) is 3.40. The van der Waals surface area contributed by atoms with Gasteiger partial charge in [0, 0.05) is 28.5 Å². The molecule has 11 heteroatoms. The first-order valence-electron chi connectivity index (χ1n) is 8.81. The van der Waals surface area contributed by atoms with Gasteiger partial charge < -0.3 is 19.5 Å². The molecule has 1 heterocycles. The molecule has 3 aromatic rings. The molecule has 31 heavy (non-hydrogen) atoms. The molecule has 164 valence electrons. The molecule has 0 fully saturated rings. The number of anilines is 2. The Labute approximate surface area is 178 Å². The van der Waals surface area contributed by atoms with E-state index in [4.69, 9.17) is 5.11 Å². The number of rotatable bonds is 10. The first-order valence-corrected chi connectivity index (χ1v) is 9.69. The number of thiazole rings is 1. The molecule has 0 atom stereocenters. The standard InChI is InChI=1S/C20H16F4N2O4S/c21-19(22)29-16-6-5-14(8-17(16)30-20(23)24)26(10-15-9-25-11-31-15)13-3-1-12(2-4-13)7-18(27)28/h1-6,8-9,11,19-20H,7,10H2,(H,27,28). The maximum absolute atomic E-state index is 12.8.